The Hall–Kier alpha value is -3.03. The van der Waals surface area contributed by atoms with Crippen molar-refractivity contribution in [3.8, 4) is 5.75 Å². The van der Waals surface area contributed by atoms with Gasteiger partial charge in [0, 0.05) is 11.4 Å². The molecule has 2 rings (SSSR count). The molecule has 2 amide bonds. The second-order valence-corrected chi connectivity index (χ2v) is 5.33. The Kier molecular flexibility index (Phi) is 6.21. The van der Waals surface area contributed by atoms with Gasteiger partial charge in [-0.3, -0.25) is 9.59 Å². The van der Waals surface area contributed by atoms with Crippen molar-refractivity contribution in [1.29, 1.82) is 0 Å². The number of hydrogen-bond donors (Lipinski definition) is 2. The first-order valence-electron chi connectivity index (χ1n) is 7.77. The number of carbonyl (C=O) groups is 2. The van der Waals surface area contributed by atoms with Gasteiger partial charge in [-0.25, -0.2) is 0 Å². The molecule has 0 aromatic heterocycles. The maximum absolute atomic E-state index is 12.3. The minimum absolute atomic E-state index is 0.0637. The predicted molar refractivity (Wildman–Crippen MR) is 91.1 cm³/mol. The average Bonchev–Trinajstić information content (AvgIpc) is 2.56. The number of anilines is 2. The lowest BCUT2D eigenvalue weighted by atomic mass is 10.1. The maximum atomic E-state index is 12.3. The molecule has 0 bridgehead atoms. The van der Waals surface area contributed by atoms with Gasteiger partial charge in [0.25, 0.3) is 0 Å². The van der Waals surface area contributed by atoms with Crippen molar-refractivity contribution < 1.29 is 27.5 Å². The van der Waals surface area contributed by atoms with Crippen molar-refractivity contribution in [2.24, 2.45) is 0 Å². The van der Waals surface area contributed by atoms with Gasteiger partial charge >= 0.3 is 12.1 Å². The summed E-state index contributed by atoms with van der Waals surface area (Å²) in [7, 11) is 0. The number of carbonyl (C=O) groups excluding carboxylic acids is 2. The molecule has 8 heteroatoms. The van der Waals surface area contributed by atoms with E-state index < -0.39 is 12.1 Å². The summed E-state index contributed by atoms with van der Waals surface area (Å²) in [5.41, 5.74) is 0.972. The van der Waals surface area contributed by atoms with Gasteiger partial charge in [-0.1, -0.05) is 18.2 Å². The lowest BCUT2D eigenvalue weighted by Gasteiger charge is -2.10. The van der Waals surface area contributed by atoms with Crippen LogP contribution in [-0.4, -0.2) is 24.6 Å². The van der Waals surface area contributed by atoms with Crippen molar-refractivity contribution >= 4 is 23.2 Å². The fourth-order valence-electron chi connectivity index (χ4n) is 2.14. The number of nitrogens with one attached hydrogen (secondary N) is 2. The van der Waals surface area contributed by atoms with Crippen molar-refractivity contribution in [3.63, 3.8) is 0 Å². The Labute approximate surface area is 148 Å². The van der Waals surface area contributed by atoms with E-state index >= 15 is 0 Å². The lowest BCUT2D eigenvalue weighted by Crippen LogP contribution is -2.29. The van der Waals surface area contributed by atoms with Crippen molar-refractivity contribution in [2.45, 2.75) is 19.5 Å². The van der Waals surface area contributed by atoms with E-state index in [9.17, 15) is 22.8 Å². The van der Waals surface area contributed by atoms with Gasteiger partial charge < -0.3 is 15.4 Å². The van der Waals surface area contributed by atoms with Crippen LogP contribution in [0, 0.1) is 0 Å². The molecule has 0 spiro atoms. The molecule has 2 aromatic rings. The zero-order valence-corrected chi connectivity index (χ0v) is 13.9. The molecule has 2 N–H and O–H groups in total. The summed E-state index contributed by atoms with van der Waals surface area (Å²) in [6.45, 7) is 2.41. The standard InChI is InChI=1S/C18H17F3N2O3/c1-2-26-15-8-6-12(7-9-15)10-16(24)22-13-4-3-5-14(11-13)23-17(25)18(19,20)21/h3-9,11H,2,10H2,1H3,(H,22,24)(H,23,25). The average molecular weight is 366 g/mol. The van der Waals surface area contributed by atoms with Crippen molar-refractivity contribution in [1.82, 2.24) is 0 Å². The highest BCUT2D eigenvalue weighted by Crippen LogP contribution is 2.21. The number of amides is 2. The summed E-state index contributed by atoms with van der Waals surface area (Å²) in [6.07, 6.45) is -4.89. The minimum Gasteiger partial charge on any atom is -0.494 e. The maximum Gasteiger partial charge on any atom is 0.471 e. The van der Waals surface area contributed by atoms with Gasteiger partial charge in [-0.15, -0.1) is 0 Å². The molecule has 2 aromatic carbocycles. The number of alkyl halides is 3. The number of halogens is 3. The van der Waals surface area contributed by atoms with Crippen LogP contribution in [0.25, 0.3) is 0 Å². The molecule has 0 atom stereocenters. The number of benzene rings is 2. The van der Waals surface area contributed by atoms with Crippen LogP contribution in [0.15, 0.2) is 48.5 Å². The SMILES string of the molecule is CCOc1ccc(CC(=O)Nc2cccc(NC(=O)C(F)(F)F)c2)cc1. The fourth-order valence-corrected chi connectivity index (χ4v) is 2.14. The largest absolute Gasteiger partial charge is 0.494 e. The Balaban J connectivity index is 1.96. The van der Waals surface area contributed by atoms with E-state index in [1.807, 2.05) is 6.92 Å². The number of rotatable bonds is 6. The van der Waals surface area contributed by atoms with E-state index in [4.69, 9.17) is 4.74 Å². The molecule has 0 fully saturated rings. The highest BCUT2D eigenvalue weighted by molar-refractivity contribution is 5.96. The molecular weight excluding hydrogens is 349 g/mol. The lowest BCUT2D eigenvalue weighted by molar-refractivity contribution is -0.167. The first-order chi connectivity index (χ1) is 12.3. The van der Waals surface area contributed by atoms with Gasteiger partial charge in [0.2, 0.25) is 5.91 Å². The smallest absolute Gasteiger partial charge is 0.471 e. The van der Waals surface area contributed by atoms with E-state index in [2.05, 4.69) is 5.32 Å². The van der Waals surface area contributed by atoms with Crippen LogP contribution < -0.4 is 15.4 Å². The second kappa shape index (κ2) is 8.37. The molecule has 0 aliphatic rings. The zero-order valence-electron chi connectivity index (χ0n) is 13.9. The molecule has 0 aliphatic carbocycles. The molecule has 0 saturated carbocycles. The summed E-state index contributed by atoms with van der Waals surface area (Å²) in [4.78, 5) is 23.0. The van der Waals surface area contributed by atoms with Crippen LogP contribution in [0.1, 0.15) is 12.5 Å². The number of ether oxygens (including phenoxy) is 1. The Morgan fingerprint density at radius 2 is 1.62 bits per heavy atom. The first-order valence-corrected chi connectivity index (χ1v) is 7.77. The Morgan fingerprint density at radius 3 is 2.19 bits per heavy atom. The van der Waals surface area contributed by atoms with E-state index in [0.717, 1.165) is 5.56 Å². The molecule has 0 radical (unpaired) electrons. The predicted octanol–water partition coefficient (Wildman–Crippen LogP) is 3.77. The minimum atomic E-state index is -4.98. The van der Waals surface area contributed by atoms with Crippen LogP contribution in [-0.2, 0) is 16.0 Å². The third-order valence-corrected chi connectivity index (χ3v) is 3.26. The van der Waals surface area contributed by atoms with Crippen LogP contribution in [0.3, 0.4) is 0 Å². The van der Waals surface area contributed by atoms with Gasteiger partial charge in [0.05, 0.1) is 13.0 Å². The first kappa shape index (κ1) is 19.3. The Morgan fingerprint density at radius 1 is 1.00 bits per heavy atom. The highest BCUT2D eigenvalue weighted by Gasteiger charge is 2.38. The summed E-state index contributed by atoms with van der Waals surface area (Å²) in [6, 6.07) is 12.5. The monoisotopic (exact) mass is 366 g/mol. The van der Waals surface area contributed by atoms with E-state index in [1.54, 1.807) is 29.6 Å². The topological polar surface area (TPSA) is 67.4 Å². The Bertz CT molecular complexity index is 774. The van der Waals surface area contributed by atoms with Gasteiger partial charge in [0.1, 0.15) is 5.75 Å². The molecule has 138 valence electrons. The van der Waals surface area contributed by atoms with Gasteiger partial charge in [-0.05, 0) is 42.8 Å². The summed E-state index contributed by atoms with van der Waals surface area (Å²) in [5.74, 6) is -1.71. The van der Waals surface area contributed by atoms with Crippen LogP contribution in [0.5, 0.6) is 5.75 Å². The third-order valence-electron chi connectivity index (χ3n) is 3.26. The van der Waals surface area contributed by atoms with E-state index in [0.29, 0.717) is 12.4 Å². The second-order valence-electron chi connectivity index (χ2n) is 5.33. The van der Waals surface area contributed by atoms with Gasteiger partial charge in [-0.2, -0.15) is 13.2 Å². The molecule has 26 heavy (non-hydrogen) atoms. The zero-order chi connectivity index (χ0) is 19.2. The molecule has 0 heterocycles. The quantitative estimate of drug-likeness (QED) is 0.818. The normalized spacial score (nSPS) is 10.9. The molecule has 0 aliphatic heterocycles. The molecule has 0 unspecified atom stereocenters. The third kappa shape index (κ3) is 5.80. The van der Waals surface area contributed by atoms with Crippen LogP contribution in [0.4, 0.5) is 24.5 Å². The van der Waals surface area contributed by atoms with Gasteiger partial charge in [0.15, 0.2) is 0 Å². The van der Waals surface area contributed by atoms with Crippen LogP contribution in [0.2, 0.25) is 0 Å². The van der Waals surface area contributed by atoms with Crippen molar-refractivity contribution in [2.75, 3.05) is 17.2 Å². The highest BCUT2D eigenvalue weighted by atomic mass is 19.4. The van der Waals surface area contributed by atoms with Crippen LogP contribution >= 0.6 is 0 Å². The van der Waals surface area contributed by atoms with Crippen molar-refractivity contribution in [3.05, 3.63) is 54.1 Å². The summed E-state index contributed by atoms with van der Waals surface area (Å²) >= 11 is 0. The fraction of sp³-hybridized carbons (Fsp3) is 0.222. The molecule has 0 saturated heterocycles. The summed E-state index contributed by atoms with van der Waals surface area (Å²) in [5, 5.41) is 4.31. The molecule has 5 nitrogen and oxygen atoms in total. The van der Waals surface area contributed by atoms with E-state index in [1.165, 1.54) is 24.3 Å². The summed E-state index contributed by atoms with van der Waals surface area (Å²) < 4.78 is 42.1. The molecular formula is C18H17F3N2O3. The number of hydrogen-bond acceptors (Lipinski definition) is 3. The van der Waals surface area contributed by atoms with E-state index in [-0.39, 0.29) is 23.7 Å².